The third-order valence-electron chi connectivity index (χ3n) is 17.3. The van der Waals surface area contributed by atoms with Gasteiger partial charge in [0.15, 0.2) is 16.8 Å². The lowest BCUT2D eigenvalue weighted by atomic mass is 9.49. The molecule has 0 radical (unpaired) electrons. The molecular weight excluding hydrogens is 1120 g/mol. The van der Waals surface area contributed by atoms with Crippen molar-refractivity contribution in [3.05, 3.63) is 101 Å². The van der Waals surface area contributed by atoms with Crippen LogP contribution in [0.5, 0.6) is 0 Å². The fourth-order valence-electron chi connectivity index (χ4n) is 13.4. The molecule has 4 saturated carbocycles. The van der Waals surface area contributed by atoms with E-state index in [0.717, 1.165) is 67.6 Å². The quantitative estimate of drug-likeness (QED) is 0.0506. The molecule has 4 atom stereocenters. The largest absolute Gasteiger partial charge is 0.391 e. The Kier molecular flexibility index (Phi) is 16.2. The summed E-state index contributed by atoms with van der Waals surface area (Å²) in [6.07, 6.45) is 9.49. The maximum atomic E-state index is 14.6. The van der Waals surface area contributed by atoms with E-state index in [0.29, 0.717) is 33.7 Å². The lowest BCUT2D eigenvalue weighted by Gasteiger charge is -2.56. The molecule has 1 saturated heterocycles. The summed E-state index contributed by atoms with van der Waals surface area (Å²) in [5.41, 5.74) is 7.16. The summed E-state index contributed by atoms with van der Waals surface area (Å²) in [7, 11) is -2.66. The third kappa shape index (κ3) is 12.4. The van der Waals surface area contributed by atoms with Crippen LogP contribution in [-0.4, -0.2) is 119 Å². The van der Waals surface area contributed by atoms with E-state index in [1.807, 2.05) is 74.8 Å². The number of benzene rings is 1. The van der Waals surface area contributed by atoms with Crippen LogP contribution in [-0.2, 0) is 31.0 Å². The molecule has 1 aliphatic heterocycles. The van der Waals surface area contributed by atoms with E-state index in [-0.39, 0.29) is 36.9 Å². The highest BCUT2D eigenvalue weighted by Gasteiger charge is 2.51. The summed E-state index contributed by atoms with van der Waals surface area (Å²) in [5.74, 6) is 0.281. The highest BCUT2D eigenvalue weighted by atomic mass is 32.2. The van der Waals surface area contributed by atoms with Gasteiger partial charge in [0.25, 0.3) is 5.91 Å². The molecule has 0 unspecified atom stereocenters. The van der Waals surface area contributed by atoms with Crippen LogP contribution in [0.1, 0.15) is 125 Å². The number of sulfonamides is 1. The van der Waals surface area contributed by atoms with Crippen molar-refractivity contribution in [2.75, 3.05) is 29.6 Å². The highest BCUT2D eigenvalue weighted by Crippen LogP contribution is 2.60. The zero-order chi connectivity index (χ0) is 59.4. The normalized spacial score (nSPS) is 21.8. The van der Waals surface area contributed by atoms with Crippen molar-refractivity contribution >= 4 is 89.3 Å². The number of rotatable bonds is 19. The number of aliphatic hydroxyl groups excluding tert-OH is 1. The second-order valence-corrected chi connectivity index (χ2v) is 28.5. The van der Waals surface area contributed by atoms with Gasteiger partial charge in [0.05, 0.1) is 40.2 Å². The molecule has 12 rings (SSSR count). The fourth-order valence-corrected chi connectivity index (χ4v) is 16.0. The molecule has 0 spiro atoms. The number of carbonyl (C=O) groups excluding carboxylic acids is 4. The number of hydrogen-bond donors (Lipinski definition) is 5. The molecule has 84 heavy (non-hydrogen) atoms. The first-order valence-electron chi connectivity index (χ1n) is 28.7. The maximum Gasteiger partial charge on any atom is 0.284 e. The van der Waals surface area contributed by atoms with Crippen LogP contribution in [0.25, 0.3) is 31.9 Å². The predicted molar refractivity (Wildman–Crippen MR) is 323 cm³/mol. The minimum absolute atomic E-state index is 0.0108. The third-order valence-corrected chi connectivity index (χ3v) is 20.5. The Hall–Kier alpha value is -7.28. The van der Waals surface area contributed by atoms with Crippen molar-refractivity contribution in [3.63, 3.8) is 0 Å². The number of aromatic nitrogens is 8. The Morgan fingerprint density at radius 3 is 2.29 bits per heavy atom. The van der Waals surface area contributed by atoms with E-state index in [2.05, 4.69) is 45.8 Å². The summed E-state index contributed by atoms with van der Waals surface area (Å²) in [6, 6.07) is 14.3. The maximum absolute atomic E-state index is 14.6. The zero-order valence-corrected chi connectivity index (χ0v) is 51.0. The lowest BCUT2D eigenvalue weighted by Crippen LogP contribution is -2.57. The zero-order valence-electron chi connectivity index (χ0n) is 48.5. The first kappa shape index (κ1) is 58.5. The minimum Gasteiger partial charge on any atom is -0.391 e. The van der Waals surface area contributed by atoms with E-state index in [1.54, 1.807) is 74.1 Å². The number of pyridine rings is 2. The van der Waals surface area contributed by atoms with Gasteiger partial charge in [-0.15, -0.1) is 21.5 Å². The molecule has 21 nitrogen and oxygen atoms in total. The van der Waals surface area contributed by atoms with Crippen molar-refractivity contribution < 1.29 is 32.7 Å². The number of thiazole rings is 2. The molecule has 1 aromatic carbocycles. The number of nitrogens with one attached hydrogen (secondary N) is 4. The Labute approximate surface area is 497 Å². The Balaban J connectivity index is 0.765. The molecule has 5 fully saturated rings. The minimum atomic E-state index is -4.38. The van der Waals surface area contributed by atoms with E-state index < -0.39 is 69.0 Å². The van der Waals surface area contributed by atoms with E-state index in [4.69, 9.17) is 10.1 Å². The van der Waals surface area contributed by atoms with Gasteiger partial charge in [-0.1, -0.05) is 56.4 Å². The number of fused-ring (bicyclic) bond motifs is 1. The Morgan fingerprint density at radius 1 is 0.893 bits per heavy atom. The number of nitrogens with zero attached hydrogens (tertiary/aromatic N) is 10. The number of aryl methyl sites for hydroxylation is 2. The van der Waals surface area contributed by atoms with Gasteiger partial charge in [-0.25, -0.2) is 33.1 Å². The Morgan fingerprint density at radius 2 is 1.62 bits per heavy atom. The first-order valence-corrected chi connectivity index (χ1v) is 32.1. The van der Waals surface area contributed by atoms with Crippen molar-refractivity contribution in [1.29, 1.82) is 0 Å². The second kappa shape index (κ2) is 23.3. The lowest BCUT2D eigenvalue weighted by molar-refractivity contribution is -0.144. The summed E-state index contributed by atoms with van der Waals surface area (Å²) in [6.45, 7) is 13.6. The van der Waals surface area contributed by atoms with E-state index >= 15 is 0 Å². The Bertz CT molecular complexity index is 3690. The van der Waals surface area contributed by atoms with Crippen LogP contribution in [0.15, 0.2) is 72.5 Å². The number of hydrogen-bond acceptors (Lipinski definition) is 18. The molecule has 442 valence electrons. The molecule has 6 aromatic heterocycles. The van der Waals surface area contributed by atoms with Crippen molar-refractivity contribution in [3.8, 4) is 21.6 Å². The van der Waals surface area contributed by atoms with Gasteiger partial charge in [0, 0.05) is 56.0 Å². The number of likely N-dealkylation sites (tertiary alicyclic amines) is 1. The van der Waals surface area contributed by atoms with Crippen LogP contribution in [0.3, 0.4) is 0 Å². The number of carbonyl (C=O) groups is 4. The summed E-state index contributed by atoms with van der Waals surface area (Å²) in [4.78, 5) is 79.5. The van der Waals surface area contributed by atoms with Crippen LogP contribution in [0, 0.1) is 49.4 Å². The molecule has 7 heterocycles. The van der Waals surface area contributed by atoms with E-state index in [1.165, 1.54) is 54.8 Å². The van der Waals surface area contributed by atoms with Gasteiger partial charge >= 0.3 is 0 Å². The molecule has 5 N–H and O–H groups in total. The SMILES string of the molecule is Cc1cc(N(C)c2ccc(-c3cnn(CC45CC6CC(CC(C6)C4)C5)c3C)c(C(=O)NS(=O)(=O)CCCC(=O)N[C@H](C(=O)N3C[C@H](O)C[C@H]3C(=O)N[C@@H](C)c3ccc(-c4scnc4C)cc3)C(C)(C)C)n2)nnc1Nc1nc2cccnc2s1. The van der Waals surface area contributed by atoms with Gasteiger partial charge in [-0.2, -0.15) is 5.10 Å². The molecule has 7 aromatic rings. The van der Waals surface area contributed by atoms with Gasteiger partial charge in [0.1, 0.15) is 33.9 Å². The van der Waals surface area contributed by atoms with Crippen molar-refractivity contribution in [2.45, 2.75) is 137 Å². The van der Waals surface area contributed by atoms with Crippen molar-refractivity contribution in [1.82, 2.24) is 60.2 Å². The number of anilines is 4. The average molecular weight is 1200 g/mol. The van der Waals surface area contributed by atoms with Crippen LogP contribution in [0.2, 0.25) is 0 Å². The molecular formula is C60H72N14O7S3. The number of aliphatic hydroxyl groups is 1. The number of amides is 4. The van der Waals surface area contributed by atoms with Gasteiger partial charge in [-0.3, -0.25) is 23.9 Å². The van der Waals surface area contributed by atoms with Gasteiger partial charge in [-0.05, 0) is 148 Å². The van der Waals surface area contributed by atoms with Crippen LogP contribution < -0.4 is 25.6 Å². The topological polar surface area (TPSA) is 272 Å². The fraction of sp³-hybridized carbons (Fsp3) is 0.483. The molecule has 24 heteroatoms. The summed E-state index contributed by atoms with van der Waals surface area (Å²) in [5, 5.41) is 34.3. The summed E-state index contributed by atoms with van der Waals surface area (Å²) >= 11 is 2.94. The van der Waals surface area contributed by atoms with Crippen LogP contribution in [0.4, 0.5) is 22.6 Å². The predicted octanol–water partition coefficient (Wildman–Crippen LogP) is 8.73. The second-order valence-electron chi connectivity index (χ2n) is 24.8. The van der Waals surface area contributed by atoms with Gasteiger partial charge in [0.2, 0.25) is 27.7 Å². The average Bonchev–Trinajstić information content (AvgIpc) is 1.96. The highest BCUT2D eigenvalue weighted by molar-refractivity contribution is 7.90. The monoisotopic (exact) mass is 1200 g/mol. The van der Waals surface area contributed by atoms with Crippen molar-refractivity contribution in [2.24, 2.45) is 28.6 Å². The summed E-state index contributed by atoms with van der Waals surface area (Å²) < 4.78 is 32.1. The molecule has 4 aliphatic carbocycles. The van der Waals surface area contributed by atoms with Crippen LogP contribution >= 0.6 is 22.7 Å². The smallest absolute Gasteiger partial charge is 0.284 e. The standard InChI is InChI=1S/C60H72N14O7S3/c1-33-21-48(69-70-53(33)68-58-65-45-11-9-19-61-56(45)83-58)72(8)47-18-17-43(44-29-63-74(36(44)4)31-60-26-37-22-38(27-60)24-39(23-37)28-60)50(66-47)55(78)71-84(80,81)20-10-12-49(76)67-52(59(5,6)7)57(79)73-30-42(75)25-46(73)54(77)64-34(2)40-13-15-41(16-14-40)51-35(3)62-32-82-51/h9,11,13-19,21,29,32,34,37-39,42,46,52,75H,10,12,20,22-28,30-31H2,1-8H3,(H,64,77)(H,67,76)(H,71,78)(H,65,68,70)/t34-,37?,38?,39?,42+,46-,52+,60?/m0/s1. The van der Waals surface area contributed by atoms with E-state index in [9.17, 15) is 32.7 Å². The molecule has 5 aliphatic rings. The first-order chi connectivity index (χ1) is 40.0. The van der Waals surface area contributed by atoms with Gasteiger partial charge < -0.3 is 30.9 Å². The molecule has 4 bridgehead atoms. The number of β-amino-alcohol motifs (C(OH)–C–C–N with tert-alkyl or cyclic N) is 1. The molecule has 4 amide bonds.